The van der Waals surface area contributed by atoms with Crippen LogP contribution in [0.25, 0.3) is 11.5 Å². The Kier molecular flexibility index (Phi) is 7.19. The van der Waals surface area contributed by atoms with Crippen molar-refractivity contribution in [1.82, 2.24) is 20.1 Å². The molecule has 0 amide bonds. The number of hydrogen-bond acceptors (Lipinski definition) is 9. The van der Waals surface area contributed by atoms with E-state index in [9.17, 15) is 13.6 Å². The Morgan fingerprint density at radius 1 is 1.19 bits per heavy atom. The van der Waals surface area contributed by atoms with Gasteiger partial charge in [0.15, 0.2) is 5.75 Å². The quantitative estimate of drug-likeness (QED) is 0.407. The zero-order chi connectivity index (χ0) is 25.1. The highest BCUT2D eigenvalue weighted by atomic mass is 19.3. The molecule has 0 spiro atoms. The number of carbonyl (C=O) groups excluding carboxylic acids is 1. The van der Waals surface area contributed by atoms with Gasteiger partial charge in [-0.05, 0) is 61.7 Å². The van der Waals surface area contributed by atoms with Crippen LogP contribution in [0.5, 0.6) is 5.75 Å². The summed E-state index contributed by atoms with van der Waals surface area (Å²) in [5, 5.41) is 6.98. The average molecular weight is 500 g/mol. The number of aromatic nitrogens is 3. The van der Waals surface area contributed by atoms with E-state index in [1.54, 1.807) is 12.1 Å². The fourth-order valence-electron chi connectivity index (χ4n) is 4.69. The maximum Gasteiger partial charge on any atom is 0.314 e. The number of piperidine rings is 1. The van der Waals surface area contributed by atoms with Gasteiger partial charge in [0, 0.05) is 13.2 Å². The fourth-order valence-corrected chi connectivity index (χ4v) is 4.69. The van der Waals surface area contributed by atoms with E-state index in [1.165, 1.54) is 11.8 Å². The van der Waals surface area contributed by atoms with Gasteiger partial charge < -0.3 is 18.8 Å². The number of ether oxygens (including phenoxy) is 2. The Morgan fingerprint density at radius 3 is 2.61 bits per heavy atom. The first-order valence-corrected chi connectivity index (χ1v) is 11.9. The van der Waals surface area contributed by atoms with Crippen molar-refractivity contribution in [3.05, 3.63) is 53.7 Å². The SMILES string of the molecule is CN(Cc1ccc(-c2nnc(C(F)F)o2)cn1)c1ccc(C2CCN(C3COC3)CC2)cc1OC=O. The zero-order valence-corrected chi connectivity index (χ0v) is 19.8. The van der Waals surface area contributed by atoms with Gasteiger partial charge in [-0.3, -0.25) is 14.7 Å². The number of anilines is 1. The number of nitrogens with zero attached hydrogens (tertiary/aromatic N) is 5. The molecule has 0 unspecified atom stereocenters. The number of pyridine rings is 1. The average Bonchev–Trinajstić information content (AvgIpc) is 3.35. The van der Waals surface area contributed by atoms with Crippen LogP contribution in [0.3, 0.4) is 0 Å². The zero-order valence-electron chi connectivity index (χ0n) is 19.8. The molecular weight excluding hydrogens is 472 g/mol. The van der Waals surface area contributed by atoms with Crippen LogP contribution in [0.2, 0.25) is 0 Å². The van der Waals surface area contributed by atoms with Crippen molar-refractivity contribution in [2.24, 2.45) is 0 Å². The molecule has 0 saturated carbocycles. The first-order chi connectivity index (χ1) is 17.5. The van der Waals surface area contributed by atoms with Gasteiger partial charge in [0.25, 0.3) is 12.4 Å². The predicted octanol–water partition coefficient (Wildman–Crippen LogP) is 3.82. The van der Waals surface area contributed by atoms with Crippen molar-refractivity contribution < 1.29 is 27.5 Å². The fraction of sp³-hybridized carbons (Fsp3) is 0.440. The van der Waals surface area contributed by atoms with Crippen LogP contribution in [-0.2, 0) is 16.1 Å². The topological polar surface area (TPSA) is 93.8 Å². The van der Waals surface area contributed by atoms with Crippen molar-refractivity contribution in [2.45, 2.75) is 37.8 Å². The second-order valence-electron chi connectivity index (χ2n) is 9.08. The van der Waals surface area contributed by atoms with Gasteiger partial charge in [0.2, 0.25) is 5.89 Å². The van der Waals surface area contributed by atoms with Gasteiger partial charge in [-0.15, -0.1) is 10.2 Å². The Balaban J connectivity index is 1.25. The molecule has 2 aliphatic rings. The minimum atomic E-state index is -2.82. The lowest BCUT2D eigenvalue weighted by molar-refractivity contribution is -0.120. The van der Waals surface area contributed by atoms with Crippen molar-refractivity contribution >= 4 is 12.2 Å². The Hall–Kier alpha value is -3.44. The van der Waals surface area contributed by atoms with Crippen LogP contribution in [0.4, 0.5) is 14.5 Å². The standard InChI is InChI=1S/C25H27F2N5O4/c1-31(12-19-4-2-18(11-28-19)24-29-30-25(36-24)23(26)27)21-5-3-17(10-22(21)35-15-33)16-6-8-32(9-7-16)20-13-34-14-20/h2-5,10-11,15-16,20,23H,6-9,12-14H2,1H3. The third-order valence-corrected chi connectivity index (χ3v) is 6.81. The van der Waals surface area contributed by atoms with Crippen molar-refractivity contribution in [3.63, 3.8) is 0 Å². The van der Waals surface area contributed by atoms with Gasteiger partial charge in [0.1, 0.15) is 0 Å². The second kappa shape index (κ2) is 10.7. The van der Waals surface area contributed by atoms with Crippen molar-refractivity contribution in [2.75, 3.05) is 38.3 Å². The number of hydrogen-bond donors (Lipinski definition) is 0. The summed E-state index contributed by atoms with van der Waals surface area (Å²) in [7, 11) is 1.88. The molecule has 9 nitrogen and oxygen atoms in total. The molecule has 0 bridgehead atoms. The third kappa shape index (κ3) is 5.21. The lowest BCUT2D eigenvalue weighted by Crippen LogP contribution is -2.51. The molecule has 0 N–H and O–H groups in total. The molecule has 36 heavy (non-hydrogen) atoms. The highest BCUT2D eigenvalue weighted by molar-refractivity contribution is 5.63. The molecule has 1 aromatic carbocycles. The maximum atomic E-state index is 12.7. The Morgan fingerprint density at radius 2 is 2.00 bits per heavy atom. The number of alkyl halides is 2. The molecule has 11 heteroatoms. The molecule has 0 radical (unpaired) electrons. The van der Waals surface area contributed by atoms with E-state index in [1.807, 2.05) is 24.1 Å². The highest BCUT2D eigenvalue weighted by Crippen LogP contribution is 2.36. The number of likely N-dealkylation sites (tertiary alicyclic amines) is 1. The highest BCUT2D eigenvalue weighted by Gasteiger charge is 2.30. The minimum Gasteiger partial charge on any atom is -0.427 e. The molecule has 2 aliphatic heterocycles. The van der Waals surface area contributed by atoms with E-state index in [0.717, 1.165) is 50.5 Å². The van der Waals surface area contributed by atoms with Crippen LogP contribution >= 0.6 is 0 Å². The summed E-state index contributed by atoms with van der Waals surface area (Å²) in [5.74, 6) is 0.183. The molecule has 2 saturated heterocycles. The van der Waals surface area contributed by atoms with E-state index >= 15 is 0 Å². The smallest absolute Gasteiger partial charge is 0.314 e. The van der Waals surface area contributed by atoms with Gasteiger partial charge in [-0.2, -0.15) is 8.78 Å². The summed E-state index contributed by atoms with van der Waals surface area (Å²) in [6.07, 6.45) is 0.791. The minimum absolute atomic E-state index is 0.0122. The molecule has 0 atom stereocenters. The van der Waals surface area contributed by atoms with E-state index in [0.29, 0.717) is 36.3 Å². The van der Waals surface area contributed by atoms with Gasteiger partial charge >= 0.3 is 6.43 Å². The largest absolute Gasteiger partial charge is 0.427 e. The van der Waals surface area contributed by atoms with Crippen molar-refractivity contribution in [1.29, 1.82) is 0 Å². The van der Waals surface area contributed by atoms with E-state index in [-0.39, 0.29) is 5.89 Å². The van der Waals surface area contributed by atoms with Crippen LogP contribution in [0.15, 0.2) is 40.9 Å². The monoisotopic (exact) mass is 499 g/mol. The number of rotatable bonds is 9. The summed E-state index contributed by atoms with van der Waals surface area (Å²) in [6, 6.07) is 10.0. The Bertz CT molecular complexity index is 1180. The molecular formula is C25H27F2N5O4. The molecule has 3 aromatic rings. The number of halogens is 2. The summed E-state index contributed by atoms with van der Waals surface area (Å²) >= 11 is 0. The lowest BCUT2D eigenvalue weighted by atomic mass is 9.88. The van der Waals surface area contributed by atoms with Crippen LogP contribution in [-0.4, -0.2) is 65.9 Å². The van der Waals surface area contributed by atoms with E-state index in [2.05, 4.69) is 26.1 Å². The van der Waals surface area contributed by atoms with Gasteiger partial charge in [0.05, 0.1) is 42.7 Å². The normalized spacial score (nSPS) is 17.2. The molecule has 0 aliphatic carbocycles. The van der Waals surface area contributed by atoms with Crippen molar-refractivity contribution in [3.8, 4) is 17.2 Å². The van der Waals surface area contributed by atoms with Crippen LogP contribution in [0.1, 0.15) is 42.3 Å². The maximum absolute atomic E-state index is 12.7. The summed E-state index contributed by atoms with van der Waals surface area (Å²) in [4.78, 5) is 20.1. The third-order valence-electron chi connectivity index (χ3n) is 6.81. The van der Waals surface area contributed by atoms with Gasteiger partial charge in [-0.1, -0.05) is 6.07 Å². The first kappa shape index (κ1) is 24.3. The second-order valence-corrected chi connectivity index (χ2v) is 9.08. The number of carbonyl (C=O) groups is 1. The Labute approximate surface area is 207 Å². The van der Waals surface area contributed by atoms with Crippen LogP contribution < -0.4 is 9.64 Å². The first-order valence-electron chi connectivity index (χ1n) is 11.9. The molecule has 2 fully saturated rings. The number of benzene rings is 1. The molecule has 5 rings (SSSR count). The predicted molar refractivity (Wildman–Crippen MR) is 126 cm³/mol. The summed E-state index contributed by atoms with van der Waals surface area (Å²) in [6.45, 7) is 4.62. The lowest BCUT2D eigenvalue weighted by Gasteiger charge is -2.41. The molecule has 4 heterocycles. The van der Waals surface area contributed by atoms with Gasteiger partial charge in [-0.25, -0.2) is 0 Å². The van der Waals surface area contributed by atoms with Crippen LogP contribution in [0, 0.1) is 0 Å². The summed E-state index contributed by atoms with van der Waals surface area (Å²) < 4.78 is 41.0. The summed E-state index contributed by atoms with van der Waals surface area (Å²) in [5.41, 5.74) is 3.10. The van der Waals surface area contributed by atoms with E-state index in [4.69, 9.17) is 13.9 Å². The molecule has 2 aromatic heterocycles. The van der Waals surface area contributed by atoms with E-state index < -0.39 is 12.3 Å². The molecule has 190 valence electrons.